The fourth-order valence-corrected chi connectivity index (χ4v) is 3.68. The lowest BCUT2D eigenvalue weighted by molar-refractivity contribution is 0.0951. The molecular formula is C28H28N2O4. The van der Waals surface area contributed by atoms with Crippen molar-refractivity contribution in [2.75, 3.05) is 27.2 Å². The Hall–Kier alpha value is -3.90. The van der Waals surface area contributed by atoms with Crippen LogP contribution in [0.2, 0.25) is 0 Å². The average molecular weight is 457 g/mol. The normalized spacial score (nSPS) is 11.1. The third-order valence-electron chi connectivity index (χ3n) is 5.61. The van der Waals surface area contributed by atoms with Crippen molar-refractivity contribution >= 4 is 16.9 Å². The Morgan fingerprint density at radius 1 is 0.971 bits per heavy atom. The van der Waals surface area contributed by atoms with Gasteiger partial charge in [-0.1, -0.05) is 48.5 Å². The number of hydrogen-bond donors (Lipinski definition) is 1. The van der Waals surface area contributed by atoms with Gasteiger partial charge in [0.15, 0.2) is 11.0 Å². The van der Waals surface area contributed by atoms with E-state index in [1.807, 2.05) is 68.7 Å². The summed E-state index contributed by atoms with van der Waals surface area (Å²) in [5, 5.41) is 3.32. The van der Waals surface area contributed by atoms with Crippen LogP contribution >= 0.6 is 0 Å². The SMILES string of the molecule is Cc1c(-c2ccccc2)oc2c(C(=O)NCc3ccc(OCCN(C)C)cc3)cccc2c1=O. The molecule has 0 atom stereocenters. The molecule has 1 amide bonds. The van der Waals surface area contributed by atoms with E-state index in [-0.39, 0.29) is 11.3 Å². The zero-order valence-corrected chi connectivity index (χ0v) is 19.6. The number of amides is 1. The van der Waals surface area contributed by atoms with E-state index in [2.05, 4.69) is 10.2 Å². The van der Waals surface area contributed by atoms with Gasteiger partial charge in [-0.05, 0) is 50.8 Å². The summed E-state index contributed by atoms with van der Waals surface area (Å²) in [4.78, 5) is 28.1. The van der Waals surface area contributed by atoms with Gasteiger partial charge in [-0.2, -0.15) is 0 Å². The summed E-state index contributed by atoms with van der Waals surface area (Å²) >= 11 is 0. The van der Waals surface area contributed by atoms with E-state index >= 15 is 0 Å². The van der Waals surface area contributed by atoms with Gasteiger partial charge in [0.2, 0.25) is 0 Å². The standard InChI is InChI=1S/C28H28N2O4/c1-19-25(31)23-10-7-11-24(27(23)34-26(19)21-8-5-4-6-9-21)28(32)29-18-20-12-14-22(15-13-20)33-17-16-30(2)3/h4-15H,16-18H2,1-3H3,(H,29,32). The summed E-state index contributed by atoms with van der Waals surface area (Å²) in [5.74, 6) is 0.961. The number of benzene rings is 3. The maximum absolute atomic E-state index is 13.0. The second-order valence-corrected chi connectivity index (χ2v) is 8.41. The van der Waals surface area contributed by atoms with Crippen LogP contribution in [0.4, 0.5) is 0 Å². The van der Waals surface area contributed by atoms with Crippen LogP contribution in [0.15, 0.2) is 82.0 Å². The molecule has 0 saturated carbocycles. The molecule has 1 heterocycles. The fraction of sp³-hybridized carbons (Fsp3) is 0.214. The van der Waals surface area contributed by atoms with Crippen LogP contribution < -0.4 is 15.5 Å². The molecule has 0 saturated heterocycles. The average Bonchev–Trinajstić information content (AvgIpc) is 2.85. The smallest absolute Gasteiger partial charge is 0.255 e. The Bertz CT molecular complexity index is 1340. The highest BCUT2D eigenvalue weighted by Crippen LogP contribution is 2.27. The molecular weight excluding hydrogens is 428 g/mol. The molecule has 4 rings (SSSR count). The number of fused-ring (bicyclic) bond motifs is 1. The number of hydrogen-bond acceptors (Lipinski definition) is 5. The monoisotopic (exact) mass is 456 g/mol. The zero-order valence-electron chi connectivity index (χ0n) is 19.6. The van der Waals surface area contributed by atoms with Crippen LogP contribution in [0.25, 0.3) is 22.3 Å². The van der Waals surface area contributed by atoms with Crippen LogP contribution in [0.1, 0.15) is 21.5 Å². The first kappa shape index (κ1) is 23.3. The van der Waals surface area contributed by atoms with Gasteiger partial charge in [-0.3, -0.25) is 9.59 Å². The number of para-hydroxylation sites is 1. The summed E-state index contributed by atoms with van der Waals surface area (Å²) in [6.07, 6.45) is 0. The molecule has 0 spiro atoms. The first-order valence-corrected chi connectivity index (χ1v) is 11.2. The van der Waals surface area contributed by atoms with Crippen molar-refractivity contribution in [1.29, 1.82) is 0 Å². The fourth-order valence-electron chi connectivity index (χ4n) is 3.68. The molecule has 3 aromatic carbocycles. The zero-order chi connectivity index (χ0) is 24.1. The van der Waals surface area contributed by atoms with E-state index in [9.17, 15) is 9.59 Å². The van der Waals surface area contributed by atoms with Crippen molar-refractivity contribution in [1.82, 2.24) is 10.2 Å². The second-order valence-electron chi connectivity index (χ2n) is 8.41. The largest absolute Gasteiger partial charge is 0.492 e. The number of nitrogens with one attached hydrogen (secondary N) is 1. The lowest BCUT2D eigenvalue weighted by Gasteiger charge is -2.12. The number of carbonyl (C=O) groups is 1. The molecule has 4 aromatic rings. The Morgan fingerprint density at radius 2 is 1.71 bits per heavy atom. The summed E-state index contributed by atoms with van der Waals surface area (Å²) in [6, 6.07) is 22.1. The van der Waals surface area contributed by atoms with Crippen molar-refractivity contribution in [3.63, 3.8) is 0 Å². The second kappa shape index (κ2) is 10.4. The molecule has 174 valence electrons. The van der Waals surface area contributed by atoms with E-state index in [0.717, 1.165) is 23.4 Å². The number of likely N-dealkylation sites (N-methyl/N-ethyl adjacent to an activating group) is 1. The minimum atomic E-state index is -0.303. The van der Waals surface area contributed by atoms with Crippen molar-refractivity contribution in [3.8, 4) is 17.1 Å². The summed E-state index contributed by atoms with van der Waals surface area (Å²) in [6.45, 7) is 3.54. The van der Waals surface area contributed by atoms with Crippen molar-refractivity contribution in [2.24, 2.45) is 0 Å². The Labute approximate surface area is 198 Å². The number of ether oxygens (including phenoxy) is 1. The molecule has 0 radical (unpaired) electrons. The topological polar surface area (TPSA) is 71.8 Å². The molecule has 6 nitrogen and oxygen atoms in total. The van der Waals surface area contributed by atoms with Crippen LogP contribution in [0, 0.1) is 6.92 Å². The number of rotatable bonds is 8. The Morgan fingerprint density at radius 3 is 2.41 bits per heavy atom. The van der Waals surface area contributed by atoms with Gasteiger partial charge in [0, 0.05) is 24.2 Å². The molecule has 0 fully saturated rings. The molecule has 1 N–H and O–H groups in total. The van der Waals surface area contributed by atoms with Gasteiger partial charge in [0.25, 0.3) is 5.91 Å². The number of nitrogens with zero attached hydrogens (tertiary/aromatic N) is 1. The van der Waals surface area contributed by atoms with Gasteiger partial charge < -0.3 is 19.4 Å². The highest BCUT2D eigenvalue weighted by Gasteiger charge is 2.18. The Kier molecular flexibility index (Phi) is 7.09. The quantitative estimate of drug-likeness (QED) is 0.418. The van der Waals surface area contributed by atoms with E-state index < -0.39 is 0 Å². The van der Waals surface area contributed by atoms with Gasteiger partial charge in [-0.15, -0.1) is 0 Å². The van der Waals surface area contributed by atoms with Crippen molar-refractivity contribution in [2.45, 2.75) is 13.5 Å². The summed E-state index contributed by atoms with van der Waals surface area (Å²) < 4.78 is 11.9. The first-order chi connectivity index (χ1) is 16.4. The third-order valence-corrected chi connectivity index (χ3v) is 5.61. The lowest BCUT2D eigenvalue weighted by Crippen LogP contribution is -2.23. The maximum Gasteiger partial charge on any atom is 0.255 e. The van der Waals surface area contributed by atoms with Crippen molar-refractivity contribution in [3.05, 3.63) is 99.7 Å². The van der Waals surface area contributed by atoms with Gasteiger partial charge >= 0.3 is 0 Å². The van der Waals surface area contributed by atoms with E-state index in [1.54, 1.807) is 25.1 Å². The summed E-state index contributed by atoms with van der Waals surface area (Å²) in [7, 11) is 4.00. The van der Waals surface area contributed by atoms with E-state index in [4.69, 9.17) is 9.15 Å². The van der Waals surface area contributed by atoms with Crippen molar-refractivity contribution < 1.29 is 13.9 Å². The van der Waals surface area contributed by atoms with Crippen LogP contribution in [0.3, 0.4) is 0 Å². The number of carbonyl (C=O) groups excluding carboxylic acids is 1. The highest BCUT2D eigenvalue weighted by atomic mass is 16.5. The molecule has 0 unspecified atom stereocenters. The molecule has 0 bridgehead atoms. The van der Waals surface area contributed by atoms with E-state index in [1.165, 1.54) is 0 Å². The van der Waals surface area contributed by atoms with Crippen LogP contribution in [-0.2, 0) is 6.54 Å². The highest BCUT2D eigenvalue weighted by molar-refractivity contribution is 6.05. The molecule has 34 heavy (non-hydrogen) atoms. The van der Waals surface area contributed by atoms with Gasteiger partial charge in [0.1, 0.15) is 18.1 Å². The van der Waals surface area contributed by atoms with Crippen LogP contribution in [-0.4, -0.2) is 38.1 Å². The van der Waals surface area contributed by atoms with Crippen LogP contribution in [0.5, 0.6) is 5.75 Å². The first-order valence-electron chi connectivity index (χ1n) is 11.2. The maximum atomic E-state index is 13.0. The molecule has 6 heteroatoms. The van der Waals surface area contributed by atoms with Gasteiger partial charge in [0.05, 0.1) is 10.9 Å². The predicted octanol–water partition coefficient (Wildman–Crippen LogP) is 4.64. The van der Waals surface area contributed by atoms with Gasteiger partial charge in [-0.25, -0.2) is 0 Å². The summed E-state index contributed by atoms with van der Waals surface area (Å²) in [5.41, 5.74) is 2.73. The molecule has 0 aliphatic rings. The minimum Gasteiger partial charge on any atom is -0.492 e. The minimum absolute atomic E-state index is 0.139. The predicted molar refractivity (Wildman–Crippen MR) is 134 cm³/mol. The Balaban J connectivity index is 1.54. The molecule has 1 aromatic heterocycles. The van der Waals surface area contributed by atoms with E-state index in [0.29, 0.717) is 41.0 Å². The third kappa shape index (κ3) is 5.18. The molecule has 0 aliphatic heterocycles. The molecule has 0 aliphatic carbocycles. The lowest BCUT2D eigenvalue weighted by atomic mass is 10.0.